The molecule has 0 aromatic carbocycles. The van der Waals surface area contributed by atoms with Gasteiger partial charge in [0.25, 0.3) is 0 Å². The van der Waals surface area contributed by atoms with Crippen LogP contribution in [0.4, 0.5) is 0 Å². The van der Waals surface area contributed by atoms with E-state index >= 15 is 0 Å². The van der Waals surface area contributed by atoms with Crippen LogP contribution in [0.5, 0.6) is 0 Å². The first kappa shape index (κ1) is 15.3. The molecule has 4 saturated carbocycles. The summed E-state index contributed by atoms with van der Waals surface area (Å²) in [4.78, 5) is 14.7. The van der Waals surface area contributed by atoms with Crippen molar-refractivity contribution in [2.24, 2.45) is 17.8 Å². The summed E-state index contributed by atoms with van der Waals surface area (Å²) in [6.07, 6.45) is 7.96. The van der Waals surface area contributed by atoms with Gasteiger partial charge in [0.05, 0.1) is 6.04 Å². The van der Waals surface area contributed by atoms with Crippen molar-refractivity contribution in [3.05, 3.63) is 0 Å². The largest absolute Gasteiger partial charge is 0.349 e. The number of nitrogens with zero attached hydrogens (tertiary/aromatic N) is 1. The predicted molar refractivity (Wildman–Crippen MR) is 85.1 cm³/mol. The lowest BCUT2D eigenvalue weighted by Crippen LogP contribution is -2.62. The molecular formula is C17H31N3O. The molecule has 4 fully saturated rings. The Hall–Kier alpha value is -0.610. The van der Waals surface area contributed by atoms with Gasteiger partial charge < -0.3 is 15.5 Å². The topological polar surface area (TPSA) is 44.4 Å². The van der Waals surface area contributed by atoms with Crippen molar-refractivity contribution in [3.63, 3.8) is 0 Å². The SMILES string of the molecule is C[C@@H](NCCN(C)C)C(=O)NC12CC3CC(CC(C3)C1)C2. The minimum Gasteiger partial charge on any atom is -0.349 e. The quantitative estimate of drug-likeness (QED) is 0.782. The van der Waals surface area contributed by atoms with Crippen LogP contribution in [0.1, 0.15) is 45.4 Å². The Morgan fingerprint density at radius 3 is 2.14 bits per heavy atom. The molecule has 4 nitrogen and oxygen atoms in total. The van der Waals surface area contributed by atoms with E-state index in [0.717, 1.165) is 30.8 Å². The Morgan fingerprint density at radius 2 is 1.67 bits per heavy atom. The number of carbonyl (C=O) groups excluding carboxylic acids is 1. The van der Waals surface area contributed by atoms with Crippen LogP contribution in [0, 0.1) is 17.8 Å². The first-order chi connectivity index (χ1) is 9.96. The lowest BCUT2D eigenvalue weighted by Gasteiger charge is -2.57. The summed E-state index contributed by atoms with van der Waals surface area (Å²) < 4.78 is 0. The molecule has 0 radical (unpaired) electrons. The van der Waals surface area contributed by atoms with Crippen molar-refractivity contribution < 1.29 is 4.79 Å². The predicted octanol–water partition coefficient (Wildman–Crippen LogP) is 1.61. The number of carbonyl (C=O) groups is 1. The van der Waals surface area contributed by atoms with Crippen molar-refractivity contribution in [2.75, 3.05) is 27.2 Å². The van der Waals surface area contributed by atoms with E-state index in [1.54, 1.807) is 0 Å². The van der Waals surface area contributed by atoms with E-state index < -0.39 is 0 Å². The summed E-state index contributed by atoms with van der Waals surface area (Å²) in [5.41, 5.74) is 0.142. The summed E-state index contributed by atoms with van der Waals surface area (Å²) in [6, 6.07) is -0.0852. The van der Waals surface area contributed by atoms with Gasteiger partial charge in [0.2, 0.25) is 5.91 Å². The zero-order chi connectivity index (χ0) is 15.0. The van der Waals surface area contributed by atoms with Gasteiger partial charge in [-0.05, 0) is 77.3 Å². The second kappa shape index (κ2) is 5.88. The number of hydrogen-bond donors (Lipinski definition) is 2. The number of likely N-dealkylation sites (N-methyl/N-ethyl adjacent to an activating group) is 1. The third-order valence-electron chi connectivity index (χ3n) is 5.83. The minimum absolute atomic E-state index is 0.0852. The monoisotopic (exact) mass is 293 g/mol. The van der Waals surface area contributed by atoms with Gasteiger partial charge in [-0.15, -0.1) is 0 Å². The van der Waals surface area contributed by atoms with Crippen molar-refractivity contribution in [2.45, 2.75) is 57.0 Å². The van der Waals surface area contributed by atoms with E-state index in [4.69, 9.17) is 0 Å². The first-order valence-corrected chi connectivity index (χ1v) is 8.66. The molecule has 120 valence electrons. The molecule has 0 aromatic heterocycles. The summed E-state index contributed by atoms with van der Waals surface area (Å²) in [5.74, 6) is 2.85. The molecule has 4 aliphatic rings. The van der Waals surface area contributed by atoms with Crippen LogP contribution in [-0.2, 0) is 4.79 Å². The van der Waals surface area contributed by atoms with Crippen LogP contribution >= 0.6 is 0 Å². The molecule has 4 aliphatic carbocycles. The van der Waals surface area contributed by atoms with Crippen LogP contribution in [-0.4, -0.2) is 49.6 Å². The van der Waals surface area contributed by atoms with Crippen molar-refractivity contribution in [1.29, 1.82) is 0 Å². The molecule has 21 heavy (non-hydrogen) atoms. The maximum absolute atomic E-state index is 12.5. The standard InChI is InChI=1S/C17H31N3O/c1-12(18-4-5-20(2)3)16(21)19-17-9-13-6-14(10-17)8-15(7-13)11-17/h12-15,18H,4-11H2,1-3H3,(H,19,21)/t12-,13?,14?,15?,17?/m1/s1. The Bertz CT molecular complexity index is 358. The Kier molecular flexibility index (Phi) is 4.28. The average Bonchev–Trinajstić information content (AvgIpc) is 2.35. The van der Waals surface area contributed by atoms with Crippen LogP contribution in [0.3, 0.4) is 0 Å². The van der Waals surface area contributed by atoms with Gasteiger partial charge in [0.1, 0.15) is 0 Å². The number of amides is 1. The molecule has 1 amide bonds. The molecule has 0 heterocycles. The van der Waals surface area contributed by atoms with E-state index in [0.29, 0.717) is 0 Å². The van der Waals surface area contributed by atoms with Crippen molar-refractivity contribution in [3.8, 4) is 0 Å². The molecule has 0 aromatic rings. The molecule has 0 unspecified atom stereocenters. The highest BCUT2D eigenvalue weighted by Gasteiger charge is 2.51. The van der Waals surface area contributed by atoms with Crippen molar-refractivity contribution >= 4 is 5.91 Å². The van der Waals surface area contributed by atoms with Crippen LogP contribution in [0.25, 0.3) is 0 Å². The van der Waals surface area contributed by atoms with Gasteiger partial charge in [-0.25, -0.2) is 0 Å². The third kappa shape index (κ3) is 3.42. The fourth-order valence-electron chi connectivity index (χ4n) is 5.23. The molecule has 4 heteroatoms. The average molecular weight is 293 g/mol. The van der Waals surface area contributed by atoms with Crippen molar-refractivity contribution in [1.82, 2.24) is 15.5 Å². The van der Waals surface area contributed by atoms with Gasteiger partial charge in [-0.1, -0.05) is 0 Å². The lowest BCUT2D eigenvalue weighted by atomic mass is 9.53. The molecule has 0 spiro atoms. The van der Waals surface area contributed by atoms with Gasteiger partial charge in [0.15, 0.2) is 0 Å². The first-order valence-electron chi connectivity index (χ1n) is 8.66. The normalized spacial score (nSPS) is 38.8. The number of rotatable bonds is 6. The molecule has 0 saturated heterocycles. The summed E-state index contributed by atoms with van der Waals surface area (Å²) in [5, 5.41) is 6.79. The van der Waals surface area contributed by atoms with E-state index in [1.807, 2.05) is 6.92 Å². The maximum Gasteiger partial charge on any atom is 0.237 e. The zero-order valence-corrected chi connectivity index (χ0v) is 13.8. The third-order valence-corrected chi connectivity index (χ3v) is 5.83. The molecule has 4 bridgehead atoms. The summed E-state index contributed by atoms with van der Waals surface area (Å²) >= 11 is 0. The van der Waals surface area contributed by atoms with Crippen LogP contribution < -0.4 is 10.6 Å². The highest BCUT2D eigenvalue weighted by atomic mass is 16.2. The van der Waals surface area contributed by atoms with E-state index in [9.17, 15) is 4.79 Å². The summed E-state index contributed by atoms with van der Waals surface area (Å²) in [6.45, 7) is 3.82. The fourth-order valence-corrected chi connectivity index (χ4v) is 5.23. The van der Waals surface area contributed by atoms with Gasteiger partial charge in [-0.2, -0.15) is 0 Å². The van der Waals surface area contributed by atoms with Gasteiger partial charge in [-0.3, -0.25) is 4.79 Å². The van der Waals surface area contributed by atoms with Crippen LogP contribution in [0.15, 0.2) is 0 Å². The summed E-state index contributed by atoms with van der Waals surface area (Å²) in [7, 11) is 4.11. The minimum atomic E-state index is -0.0852. The molecule has 1 atom stereocenters. The van der Waals surface area contributed by atoms with Gasteiger partial charge in [0, 0.05) is 18.6 Å². The van der Waals surface area contributed by atoms with E-state index in [1.165, 1.54) is 38.5 Å². The fraction of sp³-hybridized carbons (Fsp3) is 0.941. The van der Waals surface area contributed by atoms with Crippen LogP contribution in [0.2, 0.25) is 0 Å². The zero-order valence-electron chi connectivity index (χ0n) is 13.8. The molecule has 2 N–H and O–H groups in total. The second-order valence-electron chi connectivity index (χ2n) is 8.17. The molecule has 4 rings (SSSR count). The van der Waals surface area contributed by atoms with E-state index in [2.05, 4.69) is 29.6 Å². The Labute approximate surface area is 129 Å². The maximum atomic E-state index is 12.5. The lowest BCUT2D eigenvalue weighted by molar-refractivity contribution is -0.128. The van der Waals surface area contributed by atoms with Gasteiger partial charge >= 0.3 is 0 Å². The molecule has 0 aliphatic heterocycles. The number of hydrogen-bond acceptors (Lipinski definition) is 3. The highest BCUT2D eigenvalue weighted by molar-refractivity contribution is 5.82. The number of nitrogens with one attached hydrogen (secondary N) is 2. The smallest absolute Gasteiger partial charge is 0.237 e. The van der Waals surface area contributed by atoms with E-state index in [-0.39, 0.29) is 17.5 Å². The Balaban J connectivity index is 1.52. The highest BCUT2D eigenvalue weighted by Crippen LogP contribution is 2.55. The second-order valence-corrected chi connectivity index (χ2v) is 8.17. The Morgan fingerprint density at radius 1 is 1.14 bits per heavy atom. The molecular weight excluding hydrogens is 262 g/mol.